The summed E-state index contributed by atoms with van der Waals surface area (Å²) in [6, 6.07) is 6.83. The van der Waals surface area contributed by atoms with Gasteiger partial charge in [0.2, 0.25) is 0 Å². The summed E-state index contributed by atoms with van der Waals surface area (Å²) in [5.74, 6) is -1.18. The van der Waals surface area contributed by atoms with Crippen molar-refractivity contribution in [3.05, 3.63) is 34.3 Å². The Balaban J connectivity index is 1.70. The molecular formula is C16H19BrN2O4. The van der Waals surface area contributed by atoms with E-state index in [2.05, 4.69) is 21.2 Å². The van der Waals surface area contributed by atoms with Crippen LogP contribution in [0.25, 0.3) is 0 Å². The van der Waals surface area contributed by atoms with Gasteiger partial charge in [-0.05, 0) is 37.5 Å². The number of carbonyl (C=O) groups is 3. The van der Waals surface area contributed by atoms with Crippen LogP contribution in [0.1, 0.15) is 29.6 Å². The molecule has 1 aliphatic rings. The number of hydrogen-bond donors (Lipinski definition) is 1. The number of amides is 2. The average Bonchev–Trinajstić information content (AvgIpc) is 2.58. The molecule has 6 nitrogen and oxygen atoms in total. The Morgan fingerprint density at radius 1 is 1.17 bits per heavy atom. The Kier molecular flexibility index (Phi) is 6.58. The molecule has 0 bridgehead atoms. The highest BCUT2D eigenvalue weighted by molar-refractivity contribution is 9.10. The van der Waals surface area contributed by atoms with Crippen molar-refractivity contribution in [1.29, 1.82) is 0 Å². The zero-order chi connectivity index (χ0) is 16.7. The molecule has 1 aromatic carbocycles. The van der Waals surface area contributed by atoms with E-state index in [0.29, 0.717) is 5.56 Å². The number of benzene rings is 1. The van der Waals surface area contributed by atoms with Gasteiger partial charge in [-0.25, -0.2) is 0 Å². The Morgan fingerprint density at radius 3 is 2.61 bits per heavy atom. The second-order valence-electron chi connectivity index (χ2n) is 5.30. The molecule has 7 heteroatoms. The quantitative estimate of drug-likeness (QED) is 0.786. The summed E-state index contributed by atoms with van der Waals surface area (Å²) in [7, 11) is 0. The van der Waals surface area contributed by atoms with Gasteiger partial charge in [-0.1, -0.05) is 22.0 Å². The van der Waals surface area contributed by atoms with Crippen molar-refractivity contribution >= 4 is 33.7 Å². The number of nitrogens with one attached hydrogen (secondary N) is 1. The number of carbonyl (C=O) groups excluding carboxylic acids is 3. The number of likely N-dealkylation sites (tertiary alicyclic amines) is 1. The average molecular weight is 383 g/mol. The molecule has 2 amide bonds. The highest BCUT2D eigenvalue weighted by Gasteiger charge is 2.18. The van der Waals surface area contributed by atoms with Crippen molar-refractivity contribution in [2.45, 2.75) is 19.3 Å². The van der Waals surface area contributed by atoms with E-state index in [4.69, 9.17) is 4.74 Å². The molecule has 1 N–H and O–H groups in total. The normalized spacial score (nSPS) is 14.2. The SMILES string of the molecule is O=C(CNC(=O)c1cccc(Br)c1)OCC(=O)N1CCCCC1. The monoisotopic (exact) mass is 382 g/mol. The van der Waals surface area contributed by atoms with Crippen LogP contribution in [0, 0.1) is 0 Å². The van der Waals surface area contributed by atoms with E-state index < -0.39 is 5.97 Å². The minimum Gasteiger partial charge on any atom is -0.454 e. The van der Waals surface area contributed by atoms with Crippen molar-refractivity contribution in [3.63, 3.8) is 0 Å². The topological polar surface area (TPSA) is 75.7 Å². The zero-order valence-corrected chi connectivity index (χ0v) is 14.3. The molecule has 0 spiro atoms. The van der Waals surface area contributed by atoms with Crippen molar-refractivity contribution in [1.82, 2.24) is 10.2 Å². The van der Waals surface area contributed by atoms with E-state index in [-0.39, 0.29) is 25.0 Å². The first-order valence-electron chi connectivity index (χ1n) is 7.53. The first-order chi connectivity index (χ1) is 11.1. The molecule has 0 unspecified atom stereocenters. The maximum absolute atomic E-state index is 11.9. The van der Waals surface area contributed by atoms with Gasteiger partial charge in [0.25, 0.3) is 11.8 Å². The number of halogens is 1. The lowest BCUT2D eigenvalue weighted by molar-refractivity contribution is -0.151. The molecule has 124 valence electrons. The summed E-state index contributed by atoms with van der Waals surface area (Å²) in [4.78, 5) is 37.0. The van der Waals surface area contributed by atoms with Crippen molar-refractivity contribution in [2.24, 2.45) is 0 Å². The number of esters is 1. The van der Waals surface area contributed by atoms with Crippen LogP contribution < -0.4 is 5.32 Å². The third kappa shape index (κ3) is 5.67. The lowest BCUT2D eigenvalue weighted by atomic mass is 10.1. The fourth-order valence-corrected chi connectivity index (χ4v) is 2.71. The van der Waals surface area contributed by atoms with Crippen LogP contribution in [-0.2, 0) is 14.3 Å². The van der Waals surface area contributed by atoms with Gasteiger partial charge in [-0.2, -0.15) is 0 Å². The third-order valence-electron chi connectivity index (χ3n) is 3.55. The minimum atomic E-state index is -0.626. The Hall–Kier alpha value is -1.89. The molecule has 23 heavy (non-hydrogen) atoms. The van der Waals surface area contributed by atoms with Gasteiger partial charge in [-0.15, -0.1) is 0 Å². The molecule has 1 aliphatic heterocycles. The second kappa shape index (κ2) is 8.67. The van der Waals surface area contributed by atoms with E-state index in [9.17, 15) is 14.4 Å². The van der Waals surface area contributed by atoms with Crippen LogP contribution in [-0.4, -0.2) is 48.9 Å². The second-order valence-corrected chi connectivity index (χ2v) is 6.21. The van der Waals surface area contributed by atoms with Gasteiger partial charge in [-0.3, -0.25) is 14.4 Å². The third-order valence-corrected chi connectivity index (χ3v) is 4.04. The molecule has 0 radical (unpaired) electrons. The van der Waals surface area contributed by atoms with Gasteiger partial charge >= 0.3 is 5.97 Å². The molecule has 1 heterocycles. The molecule has 1 saturated heterocycles. The molecule has 0 aromatic heterocycles. The maximum atomic E-state index is 11.9. The fourth-order valence-electron chi connectivity index (χ4n) is 2.31. The summed E-state index contributed by atoms with van der Waals surface area (Å²) >= 11 is 3.28. The highest BCUT2D eigenvalue weighted by atomic mass is 79.9. The van der Waals surface area contributed by atoms with E-state index in [1.54, 1.807) is 29.2 Å². The van der Waals surface area contributed by atoms with E-state index in [1.165, 1.54) is 0 Å². The summed E-state index contributed by atoms with van der Waals surface area (Å²) < 4.78 is 5.69. The Labute approximate surface area is 143 Å². The van der Waals surface area contributed by atoms with Crippen molar-refractivity contribution in [3.8, 4) is 0 Å². The first-order valence-corrected chi connectivity index (χ1v) is 8.33. The number of hydrogen-bond acceptors (Lipinski definition) is 4. The van der Waals surface area contributed by atoms with Crippen LogP contribution >= 0.6 is 15.9 Å². The summed E-state index contributed by atoms with van der Waals surface area (Å²) in [5.41, 5.74) is 0.441. The van der Waals surface area contributed by atoms with E-state index in [1.807, 2.05) is 0 Å². The van der Waals surface area contributed by atoms with Gasteiger partial charge in [0.05, 0.1) is 0 Å². The van der Waals surface area contributed by atoms with Crippen molar-refractivity contribution < 1.29 is 19.1 Å². The Morgan fingerprint density at radius 2 is 1.91 bits per heavy atom. The smallest absolute Gasteiger partial charge is 0.325 e. The van der Waals surface area contributed by atoms with Gasteiger partial charge < -0.3 is 15.0 Å². The highest BCUT2D eigenvalue weighted by Crippen LogP contribution is 2.11. The molecule has 0 saturated carbocycles. The van der Waals surface area contributed by atoms with E-state index >= 15 is 0 Å². The number of piperidine rings is 1. The molecule has 1 aromatic rings. The number of rotatable bonds is 5. The lowest BCUT2D eigenvalue weighted by Gasteiger charge is -2.26. The summed E-state index contributed by atoms with van der Waals surface area (Å²) in [6.45, 7) is 0.899. The van der Waals surface area contributed by atoms with Gasteiger partial charge in [0.15, 0.2) is 6.61 Å². The maximum Gasteiger partial charge on any atom is 0.325 e. The predicted molar refractivity (Wildman–Crippen MR) is 87.9 cm³/mol. The fraction of sp³-hybridized carbons (Fsp3) is 0.438. The molecule has 1 fully saturated rings. The largest absolute Gasteiger partial charge is 0.454 e. The number of nitrogens with zero attached hydrogens (tertiary/aromatic N) is 1. The van der Waals surface area contributed by atoms with Crippen LogP contribution in [0.2, 0.25) is 0 Å². The van der Waals surface area contributed by atoms with Crippen LogP contribution in [0.3, 0.4) is 0 Å². The van der Waals surface area contributed by atoms with Crippen LogP contribution in [0.15, 0.2) is 28.7 Å². The Bertz CT molecular complexity index is 585. The summed E-state index contributed by atoms with van der Waals surface area (Å²) in [6.07, 6.45) is 3.11. The standard InChI is InChI=1S/C16H19BrN2O4/c17-13-6-4-5-12(9-13)16(22)18-10-15(21)23-11-14(20)19-7-2-1-3-8-19/h4-6,9H,1-3,7-8,10-11H2,(H,18,22). The van der Waals surface area contributed by atoms with Crippen LogP contribution in [0.5, 0.6) is 0 Å². The molecular weight excluding hydrogens is 364 g/mol. The zero-order valence-electron chi connectivity index (χ0n) is 12.7. The molecule has 2 rings (SSSR count). The first kappa shape index (κ1) is 17.5. The van der Waals surface area contributed by atoms with Gasteiger partial charge in [0.1, 0.15) is 6.54 Å². The minimum absolute atomic E-state index is 0.184. The number of ether oxygens (including phenoxy) is 1. The van der Waals surface area contributed by atoms with E-state index in [0.717, 1.165) is 36.8 Å². The van der Waals surface area contributed by atoms with Crippen LogP contribution in [0.4, 0.5) is 0 Å². The van der Waals surface area contributed by atoms with Crippen molar-refractivity contribution in [2.75, 3.05) is 26.2 Å². The lowest BCUT2D eigenvalue weighted by Crippen LogP contribution is -2.39. The van der Waals surface area contributed by atoms with Gasteiger partial charge in [0, 0.05) is 23.1 Å². The predicted octanol–water partition coefficient (Wildman–Crippen LogP) is 1.73. The summed E-state index contributed by atoms with van der Waals surface area (Å²) in [5, 5.41) is 2.47. The molecule has 0 atom stereocenters. The molecule has 0 aliphatic carbocycles.